The molecule has 5 rings (SSSR count). The summed E-state index contributed by atoms with van der Waals surface area (Å²) in [6.45, 7) is 0. The second-order valence-corrected chi connectivity index (χ2v) is 12.6. The molecule has 0 aromatic heterocycles. The lowest BCUT2D eigenvalue weighted by Gasteiger charge is -2.50. The smallest absolute Gasteiger partial charge is 0.288 e. The fourth-order valence-electron chi connectivity index (χ4n) is 6.75. The van der Waals surface area contributed by atoms with E-state index in [1.165, 1.54) is 4.90 Å². The van der Waals surface area contributed by atoms with Crippen LogP contribution in [0.1, 0.15) is 22.3 Å². The van der Waals surface area contributed by atoms with Crippen LogP contribution in [0.2, 0.25) is 0 Å². The molecule has 0 aliphatic heterocycles. The largest absolute Gasteiger partial charge is 0.510 e. The Labute approximate surface area is 262 Å². The Kier molecular flexibility index (Phi) is 8.31. The Morgan fingerprint density at radius 3 is 2.38 bits per heavy atom. The maximum atomic E-state index is 14.4. The maximum Gasteiger partial charge on any atom is 0.288 e. The number of thioether (sulfide) groups is 1. The van der Waals surface area contributed by atoms with Gasteiger partial charge in [0.2, 0.25) is 5.78 Å². The molecule has 7 N–H and O–H groups in total. The average molecular weight is 637 g/mol. The maximum absolute atomic E-state index is 14.4. The first kappa shape index (κ1) is 31.8. The van der Waals surface area contributed by atoms with E-state index in [0.717, 1.165) is 11.8 Å². The number of primary amides is 1. The normalized spacial score (nSPS) is 24.1. The van der Waals surface area contributed by atoms with Crippen LogP contribution < -0.4 is 26.7 Å². The summed E-state index contributed by atoms with van der Waals surface area (Å²) in [5.41, 5.74) is 1.78. The van der Waals surface area contributed by atoms with E-state index in [1.807, 2.05) is 6.07 Å². The van der Waals surface area contributed by atoms with Crippen LogP contribution in [0.5, 0.6) is 5.75 Å². The molecule has 15 heteroatoms. The van der Waals surface area contributed by atoms with Crippen LogP contribution in [0.25, 0.3) is 0 Å². The van der Waals surface area contributed by atoms with Gasteiger partial charge in [-0.15, -0.1) is 4.91 Å². The molecule has 45 heavy (non-hydrogen) atoms. The number of nitroso groups, excluding NO2 is 1. The van der Waals surface area contributed by atoms with E-state index in [4.69, 9.17) is 16.5 Å². The van der Waals surface area contributed by atoms with Crippen molar-refractivity contribution >= 4 is 45.8 Å². The molecule has 3 aliphatic rings. The van der Waals surface area contributed by atoms with E-state index in [2.05, 4.69) is 10.5 Å². The summed E-state index contributed by atoms with van der Waals surface area (Å²) in [7, 11) is 6.61. The molecule has 4 atom stereocenters. The van der Waals surface area contributed by atoms with Gasteiger partial charge in [0.25, 0.3) is 11.1 Å². The van der Waals surface area contributed by atoms with Crippen molar-refractivity contribution in [2.75, 3.05) is 38.4 Å². The Balaban J connectivity index is 1.69. The van der Waals surface area contributed by atoms with Crippen LogP contribution in [0.3, 0.4) is 0 Å². The van der Waals surface area contributed by atoms with Crippen molar-refractivity contribution in [2.24, 2.45) is 28.6 Å². The highest BCUT2D eigenvalue weighted by Gasteiger charge is 2.63. The number of carbonyl (C=O) groups excluding carboxylic acids is 4. The molecule has 2 amide bonds. The monoisotopic (exact) mass is 636 g/mol. The molecule has 0 saturated heterocycles. The molecule has 0 radical (unpaired) electrons. The zero-order valence-electron chi connectivity index (χ0n) is 24.9. The predicted molar refractivity (Wildman–Crippen MR) is 166 cm³/mol. The average Bonchev–Trinajstić information content (AvgIpc) is 2.97. The van der Waals surface area contributed by atoms with Gasteiger partial charge in [-0.25, -0.2) is 0 Å². The van der Waals surface area contributed by atoms with Crippen LogP contribution >= 0.6 is 11.8 Å². The molecular weight excluding hydrogens is 604 g/mol. The van der Waals surface area contributed by atoms with E-state index in [9.17, 15) is 34.3 Å². The number of likely N-dealkylation sites (N-methyl/N-ethyl adjacent to an activating group) is 1. The number of hydrogen-bond donors (Lipinski definition) is 5. The molecule has 0 spiro atoms. The third-order valence-electron chi connectivity index (χ3n) is 8.56. The zero-order chi connectivity index (χ0) is 33.0. The van der Waals surface area contributed by atoms with E-state index in [-0.39, 0.29) is 35.4 Å². The number of fused-ring (bicyclic) bond motifs is 3. The second-order valence-electron chi connectivity index (χ2n) is 11.5. The molecule has 0 unspecified atom stereocenters. The van der Waals surface area contributed by atoms with Gasteiger partial charge in [0.15, 0.2) is 17.1 Å². The number of rotatable bonds is 7. The number of nitrogens with zero attached hydrogens (tertiary/aromatic N) is 3. The molecule has 0 heterocycles. The number of anilines is 2. The number of amides is 2. The third kappa shape index (κ3) is 4.97. The van der Waals surface area contributed by atoms with E-state index in [1.54, 1.807) is 63.4 Å². The van der Waals surface area contributed by atoms with Gasteiger partial charge in [-0.3, -0.25) is 24.1 Å². The van der Waals surface area contributed by atoms with Gasteiger partial charge >= 0.3 is 0 Å². The molecular formula is C30H32N6O8S. The number of ketones is 2. The Morgan fingerprint density at radius 1 is 1.16 bits per heavy atom. The van der Waals surface area contributed by atoms with Crippen molar-refractivity contribution in [2.45, 2.75) is 29.4 Å². The molecule has 236 valence electrons. The Bertz CT molecular complexity index is 1710. The molecule has 0 fully saturated rings. The summed E-state index contributed by atoms with van der Waals surface area (Å²) in [6, 6.07) is 9.37. The molecule has 2 aromatic rings. The van der Waals surface area contributed by atoms with Crippen molar-refractivity contribution in [1.29, 1.82) is 0 Å². The van der Waals surface area contributed by atoms with E-state index < -0.39 is 63.2 Å². The number of aliphatic hydroxyl groups is 2. The van der Waals surface area contributed by atoms with E-state index in [0.29, 0.717) is 16.1 Å². The quantitative estimate of drug-likeness (QED) is 0.128. The van der Waals surface area contributed by atoms with Crippen molar-refractivity contribution in [3.05, 3.63) is 75.0 Å². The van der Waals surface area contributed by atoms with Crippen LogP contribution in [-0.4, -0.2) is 77.7 Å². The van der Waals surface area contributed by atoms with Crippen LogP contribution in [0.4, 0.5) is 16.2 Å². The summed E-state index contributed by atoms with van der Waals surface area (Å²) in [6.07, 6.45) is 0.0823. The van der Waals surface area contributed by atoms with Gasteiger partial charge in [-0.1, -0.05) is 18.2 Å². The van der Waals surface area contributed by atoms with Crippen molar-refractivity contribution in [3.63, 3.8) is 0 Å². The molecule has 14 nitrogen and oxygen atoms in total. The van der Waals surface area contributed by atoms with Crippen molar-refractivity contribution in [3.8, 4) is 5.75 Å². The van der Waals surface area contributed by atoms with E-state index >= 15 is 0 Å². The highest BCUT2D eigenvalue weighted by atomic mass is 32.2. The number of nitrogens with one attached hydrogen (secondary N) is 1. The number of benzene rings is 2. The lowest BCUT2D eigenvalue weighted by Crippen LogP contribution is -2.63. The number of aliphatic hydroxyl groups excluding tert-OH is 1. The lowest BCUT2D eigenvalue weighted by atomic mass is 9.58. The molecule has 0 saturated carbocycles. The number of hydrogen-bond acceptors (Lipinski definition) is 13. The third-order valence-corrected chi connectivity index (χ3v) is 9.36. The standard InChI is InChI=1S/C30H32N6O8S/c1-35(2)18-12-17(33-29(41)45-14-8-6-5-7-9-14)25(44-32)20-15(18)10-13-11-16-22(36(3)4)24(38)21(28(31)40)27(39)30(16,42)26(34-43)19(13)23(20)37/h5-9,12-13,16,22,38,42H,10-11,32H2,1-4H3,(H2,31,40)(H,33,41)/t13-,16-,22-,30-/m0/s1. The first-order valence-corrected chi connectivity index (χ1v) is 14.7. The molecule has 0 bridgehead atoms. The minimum atomic E-state index is -2.75. The fourth-order valence-corrected chi connectivity index (χ4v) is 7.42. The van der Waals surface area contributed by atoms with Gasteiger partial charge in [0, 0.05) is 36.2 Å². The SMILES string of the molecule is CN(C)c1cc(NC(=O)Sc2ccccc2)c(ON)c2c1C[C@H]1C[C@H]3[C@H](N(C)C)C(O)=C(C(N)=O)C(=O)[C@@]3(O)C(N=O)=C1C2=O. The van der Waals surface area contributed by atoms with Crippen LogP contribution in [0.15, 0.2) is 69.1 Å². The van der Waals surface area contributed by atoms with Gasteiger partial charge in [-0.2, -0.15) is 5.90 Å². The highest BCUT2D eigenvalue weighted by molar-refractivity contribution is 8.13. The lowest BCUT2D eigenvalue weighted by molar-refractivity contribution is -0.144. The van der Waals surface area contributed by atoms with Gasteiger partial charge in [0.05, 0.1) is 17.3 Å². The number of Topliss-reactive ketones (excluding diaryl/α,β-unsaturated/α-hetero) is 2. The van der Waals surface area contributed by atoms with Crippen LogP contribution in [0, 0.1) is 16.7 Å². The predicted octanol–water partition coefficient (Wildman–Crippen LogP) is 2.27. The fraction of sp³-hybridized carbons (Fsp3) is 0.333. The van der Waals surface area contributed by atoms with Crippen molar-refractivity contribution in [1.82, 2.24) is 4.90 Å². The number of carbonyl (C=O) groups is 4. The highest BCUT2D eigenvalue weighted by Crippen LogP contribution is 2.55. The topological polar surface area (TPSA) is 218 Å². The zero-order valence-corrected chi connectivity index (χ0v) is 25.7. The Hall–Kier alpha value is -4.57. The first-order chi connectivity index (χ1) is 21.3. The van der Waals surface area contributed by atoms with Gasteiger partial charge in [-0.05, 0) is 73.6 Å². The summed E-state index contributed by atoms with van der Waals surface area (Å²) < 4.78 is 0. The second kappa shape index (κ2) is 11.7. The van der Waals surface area contributed by atoms with Crippen molar-refractivity contribution < 1.29 is 34.2 Å². The number of nitrogens with two attached hydrogens (primary N) is 2. The summed E-state index contributed by atoms with van der Waals surface area (Å²) in [4.78, 5) is 74.9. The Morgan fingerprint density at radius 2 is 1.82 bits per heavy atom. The summed E-state index contributed by atoms with van der Waals surface area (Å²) in [5, 5.41) is 28.2. The summed E-state index contributed by atoms with van der Waals surface area (Å²) >= 11 is 0.902. The minimum absolute atomic E-state index is 0.0430. The number of allylic oxidation sites excluding steroid dienone is 1. The van der Waals surface area contributed by atoms with Crippen LogP contribution in [-0.2, 0) is 16.0 Å². The first-order valence-electron chi connectivity index (χ1n) is 13.8. The molecule has 2 aromatic carbocycles. The minimum Gasteiger partial charge on any atom is -0.510 e. The molecule has 3 aliphatic carbocycles. The van der Waals surface area contributed by atoms with Gasteiger partial charge in [0.1, 0.15) is 17.0 Å². The summed E-state index contributed by atoms with van der Waals surface area (Å²) in [5.74, 6) is -0.477. The van der Waals surface area contributed by atoms with Gasteiger partial charge < -0.3 is 31.0 Å².